The third-order valence-corrected chi connectivity index (χ3v) is 6.45. The number of aldehydes is 2. The molecule has 0 aliphatic carbocycles. The number of nitrogens with zero attached hydrogens (tertiary/aromatic N) is 3. The highest BCUT2D eigenvalue weighted by Gasteiger charge is 2.20. The molecule has 2 N–H and O–H groups in total. The van der Waals surface area contributed by atoms with Crippen LogP contribution in [0, 0.1) is 0 Å². The fourth-order valence-corrected chi connectivity index (χ4v) is 4.50. The first-order chi connectivity index (χ1) is 18.3. The molecular weight excluding hydrogens is 476 g/mol. The number of rotatable bonds is 13. The van der Waals surface area contributed by atoms with Crippen LogP contribution in [0.4, 0.5) is 5.69 Å². The Bertz CT molecular complexity index is 1270. The van der Waals surface area contributed by atoms with Crippen molar-refractivity contribution in [3.8, 4) is 16.9 Å². The Morgan fingerprint density at radius 3 is 2.47 bits per heavy atom. The Morgan fingerprint density at radius 1 is 1.11 bits per heavy atom. The molecule has 7 nitrogen and oxygen atoms in total. The van der Waals surface area contributed by atoms with E-state index in [2.05, 4.69) is 31.4 Å². The molecule has 0 amide bonds. The molecule has 1 heterocycles. The summed E-state index contributed by atoms with van der Waals surface area (Å²) in [5.74, 6) is 1.20. The van der Waals surface area contributed by atoms with E-state index in [1.807, 2.05) is 30.3 Å². The zero-order valence-corrected chi connectivity index (χ0v) is 22.9. The smallest absolute Gasteiger partial charge is 0.150 e. The largest absolute Gasteiger partial charge is 0.496 e. The van der Waals surface area contributed by atoms with Crippen LogP contribution >= 0.6 is 0 Å². The van der Waals surface area contributed by atoms with Crippen LogP contribution in [0.1, 0.15) is 54.6 Å². The van der Waals surface area contributed by atoms with Gasteiger partial charge in [0.25, 0.3) is 0 Å². The zero-order chi connectivity index (χ0) is 27.7. The van der Waals surface area contributed by atoms with Gasteiger partial charge in [0.15, 0.2) is 6.29 Å². The molecule has 1 aliphatic rings. The van der Waals surface area contributed by atoms with Crippen molar-refractivity contribution in [3.63, 3.8) is 0 Å². The maximum Gasteiger partial charge on any atom is 0.150 e. The second-order valence-corrected chi connectivity index (χ2v) is 9.38. The highest BCUT2D eigenvalue weighted by molar-refractivity contribution is 5.93. The maximum atomic E-state index is 11.7. The van der Waals surface area contributed by atoms with E-state index in [9.17, 15) is 9.59 Å². The number of carbonyl (C=O) groups is 2. The number of fused-ring (bicyclic) bond motifs is 1. The van der Waals surface area contributed by atoms with Gasteiger partial charge < -0.3 is 25.1 Å². The van der Waals surface area contributed by atoms with E-state index in [1.165, 1.54) is 0 Å². The maximum absolute atomic E-state index is 11.7. The number of nitrogens with two attached hydrogens (primary N) is 1. The first kappa shape index (κ1) is 28.4. The van der Waals surface area contributed by atoms with Gasteiger partial charge >= 0.3 is 0 Å². The fraction of sp³-hybridized carbons (Fsp3) is 0.323. The van der Waals surface area contributed by atoms with Crippen molar-refractivity contribution in [2.45, 2.75) is 33.1 Å². The minimum atomic E-state index is 0.268. The van der Waals surface area contributed by atoms with E-state index in [1.54, 1.807) is 31.3 Å². The Morgan fingerprint density at radius 2 is 1.84 bits per heavy atom. The molecule has 0 fully saturated rings. The normalized spacial score (nSPS) is 12.7. The van der Waals surface area contributed by atoms with E-state index < -0.39 is 0 Å². The summed E-state index contributed by atoms with van der Waals surface area (Å²) in [4.78, 5) is 31.2. The summed E-state index contributed by atoms with van der Waals surface area (Å²) in [6.07, 6.45) is 9.93. The van der Waals surface area contributed by atoms with Gasteiger partial charge in [-0.2, -0.15) is 0 Å². The minimum absolute atomic E-state index is 0.268. The number of hydrogen-bond acceptors (Lipinski definition) is 7. The van der Waals surface area contributed by atoms with Crippen molar-refractivity contribution < 1.29 is 14.3 Å². The molecule has 3 rings (SSSR count). The van der Waals surface area contributed by atoms with Gasteiger partial charge in [-0.05, 0) is 71.7 Å². The highest BCUT2D eigenvalue weighted by Crippen LogP contribution is 2.40. The van der Waals surface area contributed by atoms with Crippen molar-refractivity contribution in [3.05, 3.63) is 71.1 Å². The number of ether oxygens (including phenoxy) is 1. The lowest BCUT2D eigenvalue weighted by atomic mass is 9.96. The van der Waals surface area contributed by atoms with E-state index in [-0.39, 0.29) is 6.54 Å². The first-order valence-electron chi connectivity index (χ1n) is 13.0. The summed E-state index contributed by atoms with van der Waals surface area (Å²) in [7, 11) is 3.45. The molecule has 0 saturated carbocycles. The molecule has 0 atom stereocenters. The molecule has 0 radical (unpaired) electrons. The molecular formula is C31H38N4O3. The molecule has 38 heavy (non-hydrogen) atoms. The molecule has 0 unspecified atom stereocenters. The Hall–Kier alpha value is -4.13. The second kappa shape index (κ2) is 13.4. The van der Waals surface area contributed by atoms with Gasteiger partial charge in [-0.15, -0.1) is 0 Å². The van der Waals surface area contributed by atoms with Gasteiger partial charge in [0.2, 0.25) is 0 Å². The molecule has 200 valence electrons. The summed E-state index contributed by atoms with van der Waals surface area (Å²) in [6.45, 7) is 10.9. The quantitative estimate of drug-likeness (QED) is 0.346. The third kappa shape index (κ3) is 6.79. The van der Waals surface area contributed by atoms with Gasteiger partial charge in [-0.1, -0.05) is 32.6 Å². The number of amidine groups is 1. The standard InChI is InChI=1S/C31H38N4O3/c1-6-11-35(12-7-2)22(3)26-17-28-29(33-31(32)20-26)18-27(19-30(28)38-5)23-8-9-25(21-37)24(16-23)10-13-34(4)14-15-36/h8-10,13,15-19,21H,3,6-7,11-12,14,20H2,1-2,4-5H3,(H2,32,33)/b13-10-. The average molecular weight is 515 g/mol. The van der Waals surface area contributed by atoms with Crippen molar-refractivity contribution in [2.24, 2.45) is 10.7 Å². The number of hydrogen-bond donors (Lipinski definition) is 1. The van der Waals surface area contributed by atoms with E-state index in [4.69, 9.17) is 15.5 Å². The van der Waals surface area contributed by atoms with Crippen molar-refractivity contribution in [1.29, 1.82) is 0 Å². The average Bonchev–Trinajstić information content (AvgIpc) is 3.08. The lowest BCUT2D eigenvalue weighted by Crippen LogP contribution is -2.26. The summed E-state index contributed by atoms with van der Waals surface area (Å²) in [5, 5.41) is 0. The van der Waals surface area contributed by atoms with Crippen LogP contribution < -0.4 is 10.5 Å². The van der Waals surface area contributed by atoms with Gasteiger partial charge in [0.05, 0.1) is 19.3 Å². The molecule has 7 heteroatoms. The monoisotopic (exact) mass is 514 g/mol. The predicted octanol–water partition coefficient (Wildman–Crippen LogP) is 5.69. The van der Waals surface area contributed by atoms with Crippen LogP contribution in [-0.2, 0) is 4.79 Å². The number of aliphatic imine (C=N–C) groups is 1. The molecule has 0 saturated heterocycles. The van der Waals surface area contributed by atoms with Crippen molar-refractivity contribution in [1.82, 2.24) is 9.80 Å². The lowest BCUT2D eigenvalue weighted by molar-refractivity contribution is -0.108. The third-order valence-electron chi connectivity index (χ3n) is 6.45. The summed E-state index contributed by atoms with van der Waals surface area (Å²) in [5.41, 5.74) is 13.1. The summed E-state index contributed by atoms with van der Waals surface area (Å²) < 4.78 is 5.82. The summed E-state index contributed by atoms with van der Waals surface area (Å²) >= 11 is 0. The van der Waals surface area contributed by atoms with Gasteiger partial charge in [-0.25, -0.2) is 4.99 Å². The van der Waals surface area contributed by atoms with Gasteiger partial charge in [-0.3, -0.25) is 4.79 Å². The van der Waals surface area contributed by atoms with Crippen molar-refractivity contribution in [2.75, 3.05) is 33.8 Å². The Labute approximate surface area is 226 Å². The van der Waals surface area contributed by atoms with E-state index in [0.29, 0.717) is 23.6 Å². The number of carbonyl (C=O) groups excluding carboxylic acids is 2. The van der Waals surface area contributed by atoms with Crippen LogP contribution in [0.2, 0.25) is 0 Å². The molecule has 0 aromatic heterocycles. The highest BCUT2D eigenvalue weighted by atomic mass is 16.5. The minimum Gasteiger partial charge on any atom is -0.496 e. The topological polar surface area (TPSA) is 88.2 Å². The van der Waals surface area contributed by atoms with Crippen LogP contribution in [0.3, 0.4) is 0 Å². The van der Waals surface area contributed by atoms with Crippen LogP contribution in [0.5, 0.6) is 5.75 Å². The van der Waals surface area contributed by atoms with E-state index in [0.717, 1.165) is 77.7 Å². The first-order valence-corrected chi connectivity index (χ1v) is 13.0. The molecule has 0 spiro atoms. The van der Waals surface area contributed by atoms with Crippen molar-refractivity contribution >= 4 is 36.2 Å². The zero-order valence-electron chi connectivity index (χ0n) is 22.9. The Balaban J connectivity index is 2.08. The van der Waals surface area contributed by atoms with Gasteiger partial charge in [0.1, 0.15) is 17.9 Å². The number of benzene rings is 2. The van der Waals surface area contributed by atoms with Crippen LogP contribution in [-0.4, -0.2) is 62.0 Å². The van der Waals surface area contributed by atoms with E-state index >= 15 is 0 Å². The summed E-state index contributed by atoms with van der Waals surface area (Å²) in [6, 6.07) is 9.60. The molecule has 2 aromatic rings. The number of methoxy groups -OCH3 is 1. The predicted molar refractivity (Wildman–Crippen MR) is 157 cm³/mol. The van der Waals surface area contributed by atoms with Gasteiger partial charge in [0, 0.05) is 43.4 Å². The molecule has 0 bridgehead atoms. The number of allylic oxidation sites excluding steroid dienone is 1. The SMILES string of the molecule is C=C(C1=Cc2c(cc(-c3ccc(C=O)c(/C=C\N(C)CC=O)c3)cc2OC)N=C(N)C1)N(CCC)CCC. The van der Waals surface area contributed by atoms with Crippen LogP contribution in [0.15, 0.2) is 59.4 Å². The fourth-order valence-electron chi connectivity index (χ4n) is 4.50. The molecule has 2 aromatic carbocycles. The number of likely N-dealkylation sites (N-methyl/N-ethyl adjacent to an activating group) is 1. The lowest BCUT2D eigenvalue weighted by Gasteiger charge is -2.27. The van der Waals surface area contributed by atoms with Crippen LogP contribution in [0.25, 0.3) is 23.3 Å². The Kier molecular flexibility index (Phi) is 10.0. The second-order valence-electron chi connectivity index (χ2n) is 9.38. The molecule has 1 aliphatic heterocycles.